The number of para-hydroxylation sites is 2. The molecule has 3 aromatic carbocycles. The minimum atomic E-state index is -4.16. The molecule has 0 aliphatic carbocycles. The summed E-state index contributed by atoms with van der Waals surface area (Å²) in [5, 5.41) is -0.0590. The van der Waals surface area contributed by atoms with Crippen LogP contribution in [0.5, 0.6) is 0 Å². The van der Waals surface area contributed by atoms with Crippen LogP contribution in [0.15, 0.2) is 77.7 Å². The number of Topliss-reactive ketones (excluding diaryl/α,β-unsaturated/α-hetero) is 1. The van der Waals surface area contributed by atoms with E-state index in [0.29, 0.717) is 43.2 Å². The number of anilines is 2. The van der Waals surface area contributed by atoms with Crippen LogP contribution in [-0.4, -0.2) is 52.6 Å². The molecule has 1 aliphatic rings. The van der Waals surface area contributed by atoms with Crippen molar-refractivity contribution in [1.82, 2.24) is 0 Å². The number of esters is 1. The number of hydrogen-bond donors (Lipinski definition) is 1. The van der Waals surface area contributed by atoms with Crippen LogP contribution in [-0.2, 0) is 19.5 Å². The summed E-state index contributed by atoms with van der Waals surface area (Å²) in [5.74, 6) is -1.21. The number of hydrogen-bond acceptors (Lipinski definition) is 7. The maximum absolute atomic E-state index is 13.3. The molecule has 0 unspecified atom stereocenters. The van der Waals surface area contributed by atoms with E-state index in [-0.39, 0.29) is 21.3 Å². The lowest BCUT2D eigenvalue weighted by molar-refractivity contribution is 0.0318. The van der Waals surface area contributed by atoms with Crippen LogP contribution in [0.25, 0.3) is 0 Å². The zero-order valence-electron chi connectivity index (χ0n) is 19.5. The lowest BCUT2D eigenvalue weighted by Gasteiger charge is -2.30. The first-order valence-electron chi connectivity index (χ1n) is 11.3. The van der Waals surface area contributed by atoms with Gasteiger partial charge in [0.05, 0.1) is 35.2 Å². The van der Waals surface area contributed by atoms with Crippen molar-refractivity contribution in [3.8, 4) is 0 Å². The minimum Gasteiger partial charge on any atom is -0.451 e. The van der Waals surface area contributed by atoms with E-state index in [1.54, 1.807) is 42.5 Å². The molecule has 36 heavy (non-hydrogen) atoms. The van der Waals surface area contributed by atoms with Crippen LogP contribution in [0.4, 0.5) is 11.4 Å². The Bertz CT molecular complexity index is 1360. The highest BCUT2D eigenvalue weighted by atomic mass is 35.5. The summed E-state index contributed by atoms with van der Waals surface area (Å²) in [7, 11) is -4.16. The van der Waals surface area contributed by atoms with Crippen LogP contribution in [0, 0.1) is 0 Å². The largest absolute Gasteiger partial charge is 0.451 e. The third-order valence-corrected chi connectivity index (χ3v) is 7.51. The molecule has 1 aliphatic heterocycles. The molecule has 1 fully saturated rings. The fourth-order valence-corrected chi connectivity index (χ4v) is 5.40. The summed E-state index contributed by atoms with van der Waals surface area (Å²) in [6.45, 7) is 3.80. The topological polar surface area (TPSA) is 102 Å². The molecular formula is C26H25ClN2O6S. The van der Waals surface area contributed by atoms with Gasteiger partial charge < -0.3 is 14.4 Å². The summed E-state index contributed by atoms with van der Waals surface area (Å²) < 4.78 is 39.9. The molecule has 4 rings (SSSR count). The van der Waals surface area contributed by atoms with Gasteiger partial charge in [0.1, 0.15) is 4.90 Å². The van der Waals surface area contributed by atoms with Gasteiger partial charge in [-0.2, -0.15) is 0 Å². The van der Waals surface area contributed by atoms with Crippen LogP contribution in [0.3, 0.4) is 0 Å². The van der Waals surface area contributed by atoms with Gasteiger partial charge in [-0.15, -0.1) is 0 Å². The molecule has 3 aromatic rings. The molecule has 0 aromatic heterocycles. The Morgan fingerprint density at radius 2 is 1.64 bits per heavy atom. The van der Waals surface area contributed by atoms with Crippen molar-refractivity contribution in [3.63, 3.8) is 0 Å². The number of nitrogens with zero attached hydrogens (tertiary/aromatic N) is 1. The molecule has 1 N–H and O–H groups in total. The molecule has 1 atom stereocenters. The highest BCUT2D eigenvalue weighted by molar-refractivity contribution is 7.92. The number of nitrogens with one attached hydrogen (secondary N) is 1. The van der Waals surface area contributed by atoms with Crippen LogP contribution in [0.1, 0.15) is 27.6 Å². The SMILES string of the molecule is C[C@@H](OC(=O)c1ccc(Cl)c(S(=O)(=O)Nc2ccccc2N2CCOCC2)c1)C(=O)c1ccccc1. The normalized spacial score (nSPS) is 14.7. The Balaban J connectivity index is 1.55. The van der Waals surface area contributed by atoms with Gasteiger partial charge in [0.2, 0.25) is 5.78 Å². The Morgan fingerprint density at radius 3 is 2.36 bits per heavy atom. The Hall–Kier alpha value is -3.40. The van der Waals surface area contributed by atoms with Crippen molar-refractivity contribution in [2.45, 2.75) is 17.9 Å². The predicted molar refractivity (Wildman–Crippen MR) is 137 cm³/mol. The second kappa shape index (κ2) is 11.1. The van der Waals surface area contributed by atoms with Gasteiger partial charge in [0.15, 0.2) is 6.10 Å². The summed E-state index contributed by atoms with van der Waals surface area (Å²) in [4.78, 5) is 27.0. The monoisotopic (exact) mass is 528 g/mol. The lowest BCUT2D eigenvalue weighted by Crippen LogP contribution is -2.36. The molecule has 0 spiro atoms. The first-order chi connectivity index (χ1) is 17.3. The maximum Gasteiger partial charge on any atom is 0.338 e. The first kappa shape index (κ1) is 25.7. The van der Waals surface area contributed by atoms with Gasteiger partial charge in [-0.05, 0) is 37.3 Å². The second-order valence-electron chi connectivity index (χ2n) is 8.15. The van der Waals surface area contributed by atoms with E-state index in [0.717, 1.165) is 6.07 Å². The van der Waals surface area contributed by atoms with Gasteiger partial charge >= 0.3 is 5.97 Å². The fourth-order valence-electron chi connectivity index (χ4n) is 3.80. The molecule has 1 heterocycles. The summed E-state index contributed by atoms with van der Waals surface area (Å²) in [6, 6.07) is 19.3. The Kier molecular flexibility index (Phi) is 7.93. The van der Waals surface area contributed by atoms with Crippen LogP contribution < -0.4 is 9.62 Å². The molecule has 0 bridgehead atoms. The van der Waals surface area contributed by atoms with E-state index in [2.05, 4.69) is 4.72 Å². The summed E-state index contributed by atoms with van der Waals surface area (Å²) in [5.41, 5.74) is 1.45. The number of carbonyl (C=O) groups is 2. The molecule has 0 saturated carbocycles. The van der Waals surface area contributed by atoms with Gasteiger partial charge in [-0.25, -0.2) is 13.2 Å². The standard InChI is InChI=1S/C26H25ClN2O6S/c1-18(25(30)19-7-3-2-4-8-19)35-26(31)20-11-12-21(27)24(17-20)36(32,33)28-22-9-5-6-10-23(22)29-13-15-34-16-14-29/h2-12,17-18,28H,13-16H2,1H3/t18-/m1/s1. The number of sulfonamides is 1. The number of ketones is 1. The van der Waals surface area contributed by atoms with E-state index >= 15 is 0 Å². The first-order valence-corrected chi connectivity index (χ1v) is 13.2. The van der Waals surface area contributed by atoms with Crippen LogP contribution >= 0.6 is 11.6 Å². The van der Waals surface area contributed by atoms with Gasteiger partial charge in [0, 0.05) is 18.7 Å². The Labute approximate surface area is 214 Å². The molecule has 10 heteroatoms. The highest BCUT2D eigenvalue weighted by Crippen LogP contribution is 2.31. The highest BCUT2D eigenvalue weighted by Gasteiger charge is 2.25. The number of ether oxygens (including phenoxy) is 2. The lowest BCUT2D eigenvalue weighted by atomic mass is 10.1. The van der Waals surface area contributed by atoms with Crippen molar-refractivity contribution in [2.24, 2.45) is 0 Å². The van der Waals surface area contributed by atoms with E-state index in [1.807, 2.05) is 17.0 Å². The molecule has 0 radical (unpaired) electrons. The number of morpholine rings is 1. The predicted octanol–water partition coefficient (Wildman–Crippen LogP) is 4.41. The molecular weight excluding hydrogens is 504 g/mol. The van der Waals surface area contributed by atoms with Gasteiger partial charge in [-0.3, -0.25) is 9.52 Å². The van der Waals surface area contributed by atoms with Crippen molar-refractivity contribution in [1.29, 1.82) is 0 Å². The van der Waals surface area contributed by atoms with Crippen molar-refractivity contribution in [2.75, 3.05) is 35.9 Å². The maximum atomic E-state index is 13.3. The molecule has 8 nitrogen and oxygen atoms in total. The number of carbonyl (C=O) groups excluding carboxylic acids is 2. The molecule has 0 amide bonds. The minimum absolute atomic E-state index is 0.0473. The van der Waals surface area contributed by atoms with Crippen molar-refractivity contribution >= 4 is 44.8 Å². The molecule has 1 saturated heterocycles. The summed E-state index contributed by atoms with van der Waals surface area (Å²) >= 11 is 6.22. The second-order valence-corrected chi connectivity index (χ2v) is 10.2. The smallest absolute Gasteiger partial charge is 0.338 e. The zero-order valence-corrected chi connectivity index (χ0v) is 21.1. The number of halogens is 1. The van der Waals surface area contributed by atoms with Crippen molar-refractivity contribution in [3.05, 3.63) is 88.9 Å². The van der Waals surface area contributed by atoms with E-state index in [4.69, 9.17) is 21.1 Å². The van der Waals surface area contributed by atoms with E-state index < -0.39 is 22.1 Å². The van der Waals surface area contributed by atoms with E-state index in [9.17, 15) is 18.0 Å². The van der Waals surface area contributed by atoms with Crippen molar-refractivity contribution < 1.29 is 27.5 Å². The average Bonchev–Trinajstić information content (AvgIpc) is 2.89. The quantitative estimate of drug-likeness (QED) is 0.341. The third kappa shape index (κ3) is 5.87. The van der Waals surface area contributed by atoms with Crippen LogP contribution in [0.2, 0.25) is 5.02 Å². The average molecular weight is 529 g/mol. The summed E-state index contributed by atoms with van der Waals surface area (Å²) in [6.07, 6.45) is -1.06. The zero-order chi connectivity index (χ0) is 25.7. The molecule has 188 valence electrons. The van der Waals surface area contributed by atoms with Gasteiger partial charge in [-0.1, -0.05) is 54.1 Å². The van der Waals surface area contributed by atoms with E-state index in [1.165, 1.54) is 19.1 Å². The Morgan fingerprint density at radius 1 is 0.972 bits per heavy atom. The third-order valence-electron chi connectivity index (χ3n) is 5.67. The number of rotatable bonds is 8. The number of benzene rings is 3. The fraction of sp³-hybridized carbons (Fsp3) is 0.231. The van der Waals surface area contributed by atoms with Gasteiger partial charge in [0.25, 0.3) is 10.0 Å².